The van der Waals surface area contributed by atoms with Crippen molar-refractivity contribution in [2.45, 2.75) is 19.8 Å². The smallest absolute Gasteiger partial charge is 0.276 e. The van der Waals surface area contributed by atoms with E-state index in [2.05, 4.69) is 20.3 Å². The van der Waals surface area contributed by atoms with Crippen LogP contribution in [0.25, 0.3) is 0 Å². The van der Waals surface area contributed by atoms with Gasteiger partial charge in [0.1, 0.15) is 0 Å². The van der Waals surface area contributed by atoms with Gasteiger partial charge < -0.3 is 14.9 Å². The van der Waals surface area contributed by atoms with Crippen molar-refractivity contribution in [3.8, 4) is 0 Å². The van der Waals surface area contributed by atoms with E-state index in [1.54, 1.807) is 11.8 Å². The summed E-state index contributed by atoms with van der Waals surface area (Å²) in [5.74, 6) is 0.445. The van der Waals surface area contributed by atoms with E-state index in [1.165, 1.54) is 0 Å². The first-order valence-corrected chi connectivity index (χ1v) is 7.08. The number of nitrogens with zero attached hydrogens (tertiary/aromatic N) is 4. The lowest BCUT2D eigenvalue weighted by molar-refractivity contribution is 0.0726. The number of aliphatic hydroxyl groups is 1. The third-order valence-corrected chi connectivity index (χ3v) is 3.93. The van der Waals surface area contributed by atoms with Crippen LogP contribution >= 0.6 is 0 Å². The summed E-state index contributed by atoms with van der Waals surface area (Å²) in [7, 11) is 1.82. The van der Waals surface area contributed by atoms with Crippen LogP contribution in [0.3, 0.4) is 0 Å². The molecule has 0 aliphatic carbocycles. The van der Waals surface area contributed by atoms with Gasteiger partial charge in [-0.3, -0.25) is 4.79 Å². The zero-order valence-corrected chi connectivity index (χ0v) is 12.2. The van der Waals surface area contributed by atoms with Gasteiger partial charge in [-0.25, -0.2) is 0 Å². The van der Waals surface area contributed by atoms with E-state index in [9.17, 15) is 4.79 Å². The Hall–Kier alpha value is -1.47. The summed E-state index contributed by atoms with van der Waals surface area (Å²) < 4.78 is 0. The number of hydrogen-bond donors (Lipinski definition) is 2. The molecular formula is C13H23N5O2. The van der Waals surface area contributed by atoms with E-state index >= 15 is 0 Å². The first-order valence-electron chi connectivity index (χ1n) is 7.08. The standard InChI is InChI=1S/C13H23N5O2/c1-10-12(15-16-14-10)13(20)17(2)9-11-3-5-18(6-4-11)7-8-19/h11,19H,3-9H2,1-2H3,(H,14,15,16). The molecule has 0 aromatic carbocycles. The number of piperidine rings is 1. The van der Waals surface area contributed by atoms with Crippen LogP contribution in [0.5, 0.6) is 0 Å². The molecule has 2 N–H and O–H groups in total. The number of rotatable bonds is 5. The fourth-order valence-electron chi connectivity index (χ4n) is 2.67. The monoisotopic (exact) mass is 281 g/mol. The molecular weight excluding hydrogens is 258 g/mol. The molecule has 1 aromatic rings. The Bertz CT molecular complexity index is 440. The van der Waals surface area contributed by atoms with E-state index in [0.29, 0.717) is 17.3 Å². The highest BCUT2D eigenvalue weighted by atomic mass is 16.3. The number of aromatic amines is 1. The molecule has 0 radical (unpaired) electrons. The lowest BCUT2D eigenvalue weighted by Gasteiger charge is -2.33. The van der Waals surface area contributed by atoms with Crippen molar-refractivity contribution in [3.63, 3.8) is 0 Å². The second kappa shape index (κ2) is 6.81. The lowest BCUT2D eigenvalue weighted by atomic mass is 9.96. The predicted octanol–water partition coefficient (Wildman–Crippen LogP) is -0.111. The number of amides is 1. The first kappa shape index (κ1) is 14.9. The second-order valence-corrected chi connectivity index (χ2v) is 5.45. The number of β-amino-alcohol motifs (C(OH)–C–C–N with tert-alkyl or cyclic N) is 1. The number of nitrogens with one attached hydrogen (secondary N) is 1. The summed E-state index contributed by atoms with van der Waals surface area (Å²) in [6, 6.07) is 0. The van der Waals surface area contributed by atoms with Crippen LogP contribution in [0.15, 0.2) is 0 Å². The minimum atomic E-state index is -0.0750. The zero-order chi connectivity index (χ0) is 14.5. The van der Waals surface area contributed by atoms with E-state index in [0.717, 1.165) is 39.0 Å². The van der Waals surface area contributed by atoms with Gasteiger partial charge in [0.25, 0.3) is 5.91 Å². The fourth-order valence-corrected chi connectivity index (χ4v) is 2.67. The van der Waals surface area contributed by atoms with Gasteiger partial charge in [-0.1, -0.05) is 0 Å². The normalized spacial score (nSPS) is 17.4. The number of aliphatic hydroxyl groups excluding tert-OH is 1. The zero-order valence-electron chi connectivity index (χ0n) is 12.2. The van der Waals surface area contributed by atoms with E-state index in [1.807, 2.05) is 7.05 Å². The Labute approximate surface area is 119 Å². The van der Waals surface area contributed by atoms with E-state index in [-0.39, 0.29) is 12.5 Å². The third kappa shape index (κ3) is 3.55. The lowest BCUT2D eigenvalue weighted by Crippen LogP contribution is -2.40. The first-order chi connectivity index (χ1) is 9.61. The number of likely N-dealkylation sites (tertiary alicyclic amines) is 1. The molecule has 1 aliphatic rings. The average Bonchev–Trinajstić information content (AvgIpc) is 2.86. The highest BCUT2D eigenvalue weighted by Crippen LogP contribution is 2.18. The summed E-state index contributed by atoms with van der Waals surface area (Å²) in [4.78, 5) is 16.2. The Morgan fingerprint density at radius 3 is 2.70 bits per heavy atom. The van der Waals surface area contributed by atoms with Crippen LogP contribution in [0.1, 0.15) is 29.0 Å². The Morgan fingerprint density at radius 2 is 2.15 bits per heavy atom. The van der Waals surface area contributed by atoms with Crippen LogP contribution in [0, 0.1) is 12.8 Å². The highest BCUT2D eigenvalue weighted by molar-refractivity contribution is 5.92. The molecule has 1 aromatic heterocycles. The Morgan fingerprint density at radius 1 is 1.45 bits per heavy atom. The predicted molar refractivity (Wildman–Crippen MR) is 74.3 cm³/mol. The van der Waals surface area contributed by atoms with Gasteiger partial charge in [-0.2, -0.15) is 15.4 Å². The summed E-state index contributed by atoms with van der Waals surface area (Å²) in [5, 5.41) is 19.2. The van der Waals surface area contributed by atoms with Crippen molar-refractivity contribution < 1.29 is 9.90 Å². The van der Waals surface area contributed by atoms with Crippen molar-refractivity contribution >= 4 is 5.91 Å². The van der Waals surface area contributed by atoms with Crippen LogP contribution in [0.4, 0.5) is 0 Å². The maximum absolute atomic E-state index is 12.2. The van der Waals surface area contributed by atoms with Crippen molar-refractivity contribution in [1.82, 2.24) is 25.2 Å². The minimum Gasteiger partial charge on any atom is -0.395 e. The number of aryl methyl sites for hydroxylation is 1. The number of carbonyl (C=O) groups is 1. The largest absolute Gasteiger partial charge is 0.395 e. The quantitative estimate of drug-likeness (QED) is 0.786. The summed E-state index contributed by atoms with van der Waals surface area (Å²) in [6.07, 6.45) is 2.13. The third-order valence-electron chi connectivity index (χ3n) is 3.93. The molecule has 7 heteroatoms. The van der Waals surface area contributed by atoms with Crippen LogP contribution in [-0.2, 0) is 0 Å². The highest BCUT2D eigenvalue weighted by Gasteiger charge is 2.24. The molecule has 20 heavy (non-hydrogen) atoms. The maximum atomic E-state index is 12.2. The molecule has 2 rings (SSSR count). The van der Waals surface area contributed by atoms with Crippen molar-refractivity contribution in [1.29, 1.82) is 0 Å². The number of hydrogen-bond acceptors (Lipinski definition) is 5. The van der Waals surface area contributed by atoms with Gasteiger partial charge in [-0.15, -0.1) is 0 Å². The van der Waals surface area contributed by atoms with Crippen molar-refractivity contribution in [2.24, 2.45) is 5.92 Å². The molecule has 1 aliphatic heterocycles. The minimum absolute atomic E-state index is 0.0750. The van der Waals surface area contributed by atoms with E-state index in [4.69, 9.17) is 5.11 Å². The Balaban J connectivity index is 1.82. The van der Waals surface area contributed by atoms with Crippen LogP contribution in [-0.4, -0.2) is 76.1 Å². The van der Waals surface area contributed by atoms with Gasteiger partial charge in [0.05, 0.1) is 12.3 Å². The molecule has 1 fully saturated rings. The van der Waals surface area contributed by atoms with Crippen molar-refractivity contribution in [2.75, 3.05) is 39.8 Å². The summed E-state index contributed by atoms with van der Waals surface area (Å²) in [5.41, 5.74) is 1.05. The fraction of sp³-hybridized carbons (Fsp3) is 0.769. The van der Waals surface area contributed by atoms with Gasteiger partial charge in [0.15, 0.2) is 5.69 Å². The molecule has 0 spiro atoms. The number of aromatic nitrogens is 3. The molecule has 0 saturated carbocycles. The molecule has 0 atom stereocenters. The molecule has 1 saturated heterocycles. The van der Waals surface area contributed by atoms with Crippen LogP contribution in [0.2, 0.25) is 0 Å². The molecule has 2 heterocycles. The van der Waals surface area contributed by atoms with Crippen LogP contribution < -0.4 is 0 Å². The van der Waals surface area contributed by atoms with Crippen molar-refractivity contribution in [3.05, 3.63) is 11.4 Å². The topological polar surface area (TPSA) is 85.4 Å². The molecule has 0 bridgehead atoms. The van der Waals surface area contributed by atoms with Gasteiger partial charge in [0.2, 0.25) is 0 Å². The molecule has 7 nitrogen and oxygen atoms in total. The molecule has 1 amide bonds. The maximum Gasteiger partial charge on any atom is 0.276 e. The summed E-state index contributed by atoms with van der Waals surface area (Å²) >= 11 is 0. The number of H-pyrrole nitrogens is 1. The second-order valence-electron chi connectivity index (χ2n) is 5.45. The van der Waals surface area contributed by atoms with E-state index < -0.39 is 0 Å². The van der Waals surface area contributed by atoms with Gasteiger partial charge in [0, 0.05) is 20.1 Å². The average molecular weight is 281 g/mol. The summed E-state index contributed by atoms with van der Waals surface area (Å²) in [6.45, 7) is 5.48. The SMILES string of the molecule is Cc1n[nH]nc1C(=O)N(C)CC1CCN(CCO)CC1. The number of carbonyl (C=O) groups excluding carboxylic acids is 1. The molecule has 112 valence electrons. The molecule has 0 unspecified atom stereocenters. The Kier molecular flexibility index (Phi) is 5.08. The van der Waals surface area contributed by atoms with Gasteiger partial charge >= 0.3 is 0 Å². The van der Waals surface area contributed by atoms with Gasteiger partial charge in [-0.05, 0) is 38.8 Å².